The Balaban J connectivity index is 2.04. The van der Waals surface area contributed by atoms with Crippen LogP contribution in [0.1, 0.15) is 33.1 Å². The first-order valence-electron chi connectivity index (χ1n) is 5.71. The van der Waals surface area contributed by atoms with E-state index in [1.165, 1.54) is 0 Å². The molecule has 2 unspecified atom stereocenters. The molecule has 4 atom stereocenters. The SMILES string of the molecule is CC(O)C[C@H]1OCC[C@]12CCOC(C)O2. The molecule has 0 aliphatic carbocycles. The maximum absolute atomic E-state index is 9.43. The second kappa shape index (κ2) is 4.37. The summed E-state index contributed by atoms with van der Waals surface area (Å²) in [6.45, 7) is 5.15. The zero-order chi connectivity index (χ0) is 10.9. The number of hydrogen-bond donors (Lipinski definition) is 1. The maximum Gasteiger partial charge on any atom is 0.155 e. The second-order valence-corrected chi connectivity index (χ2v) is 4.57. The molecule has 0 radical (unpaired) electrons. The van der Waals surface area contributed by atoms with E-state index in [0.717, 1.165) is 26.1 Å². The van der Waals surface area contributed by atoms with Gasteiger partial charge >= 0.3 is 0 Å². The zero-order valence-electron chi connectivity index (χ0n) is 9.44. The van der Waals surface area contributed by atoms with Crippen molar-refractivity contribution in [2.24, 2.45) is 0 Å². The Morgan fingerprint density at radius 3 is 2.60 bits per heavy atom. The number of rotatable bonds is 2. The van der Waals surface area contributed by atoms with Crippen LogP contribution in [0.25, 0.3) is 0 Å². The van der Waals surface area contributed by atoms with Gasteiger partial charge in [-0.05, 0) is 13.8 Å². The normalized spacial score (nSPS) is 43.4. The van der Waals surface area contributed by atoms with Gasteiger partial charge in [-0.15, -0.1) is 0 Å². The van der Waals surface area contributed by atoms with E-state index in [1.54, 1.807) is 6.92 Å². The maximum atomic E-state index is 9.43. The van der Waals surface area contributed by atoms with Gasteiger partial charge in [0.2, 0.25) is 0 Å². The van der Waals surface area contributed by atoms with Crippen molar-refractivity contribution in [2.75, 3.05) is 13.2 Å². The molecule has 2 fully saturated rings. The fraction of sp³-hybridized carbons (Fsp3) is 1.00. The molecule has 88 valence electrons. The summed E-state index contributed by atoms with van der Waals surface area (Å²) in [6, 6.07) is 0. The van der Waals surface area contributed by atoms with Gasteiger partial charge in [-0.3, -0.25) is 0 Å². The molecule has 0 aromatic carbocycles. The molecule has 2 saturated heterocycles. The van der Waals surface area contributed by atoms with Gasteiger partial charge in [0.15, 0.2) is 6.29 Å². The van der Waals surface area contributed by atoms with Gasteiger partial charge in [-0.1, -0.05) is 0 Å². The minimum absolute atomic E-state index is 0.0175. The van der Waals surface area contributed by atoms with E-state index in [0.29, 0.717) is 6.42 Å². The van der Waals surface area contributed by atoms with Crippen molar-refractivity contribution in [1.29, 1.82) is 0 Å². The third-order valence-corrected chi connectivity index (χ3v) is 3.26. The highest BCUT2D eigenvalue weighted by Crippen LogP contribution is 2.39. The van der Waals surface area contributed by atoms with Gasteiger partial charge in [0.25, 0.3) is 0 Å². The molecule has 2 aliphatic rings. The van der Waals surface area contributed by atoms with Crippen molar-refractivity contribution < 1.29 is 19.3 Å². The van der Waals surface area contributed by atoms with Crippen LogP contribution in [0.2, 0.25) is 0 Å². The van der Waals surface area contributed by atoms with Crippen LogP contribution in [0.4, 0.5) is 0 Å². The topological polar surface area (TPSA) is 47.9 Å². The van der Waals surface area contributed by atoms with Gasteiger partial charge in [0.05, 0.1) is 18.8 Å². The van der Waals surface area contributed by atoms with Crippen LogP contribution in [0.3, 0.4) is 0 Å². The van der Waals surface area contributed by atoms with E-state index in [1.807, 2.05) is 6.92 Å². The van der Waals surface area contributed by atoms with Crippen LogP contribution >= 0.6 is 0 Å². The van der Waals surface area contributed by atoms with Crippen molar-refractivity contribution in [1.82, 2.24) is 0 Å². The predicted molar refractivity (Wildman–Crippen MR) is 54.5 cm³/mol. The van der Waals surface area contributed by atoms with Crippen molar-refractivity contribution in [3.05, 3.63) is 0 Å². The van der Waals surface area contributed by atoms with Crippen LogP contribution in [0, 0.1) is 0 Å². The molecule has 15 heavy (non-hydrogen) atoms. The minimum atomic E-state index is -0.341. The molecule has 4 heteroatoms. The fourth-order valence-electron chi connectivity index (χ4n) is 2.52. The Bertz CT molecular complexity index is 219. The molecule has 2 aliphatic heterocycles. The highest BCUT2D eigenvalue weighted by atomic mass is 16.7. The lowest BCUT2D eigenvalue weighted by molar-refractivity contribution is -0.262. The predicted octanol–water partition coefficient (Wildman–Crippen LogP) is 1.07. The summed E-state index contributed by atoms with van der Waals surface area (Å²) in [7, 11) is 0. The lowest BCUT2D eigenvalue weighted by atomic mass is 9.88. The van der Waals surface area contributed by atoms with Gasteiger partial charge in [-0.25, -0.2) is 0 Å². The third kappa shape index (κ3) is 2.33. The van der Waals surface area contributed by atoms with Crippen LogP contribution in [-0.4, -0.2) is 42.4 Å². The smallest absolute Gasteiger partial charge is 0.155 e. The second-order valence-electron chi connectivity index (χ2n) is 4.57. The lowest BCUT2D eigenvalue weighted by Gasteiger charge is -2.40. The minimum Gasteiger partial charge on any atom is -0.393 e. The Morgan fingerprint density at radius 1 is 1.33 bits per heavy atom. The van der Waals surface area contributed by atoms with E-state index >= 15 is 0 Å². The van der Waals surface area contributed by atoms with Gasteiger partial charge in [0.1, 0.15) is 5.60 Å². The molecule has 1 spiro atoms. The highest BCUT2D eigenvalue weighted by molar-refractivity contribution is 4.96. The molecule has 0 saturated carbocycles. The van der Waals surface area contributed by atoms with Crippen LogP contribution in [-0.2, 0) is 14.2 Å². The van der Waals surface area contributed by atoms with E-state index in [4.69, 9.17) is 14.2 Å². The average molecular weight is 216 g/mol. The molecule has 2 rings (SSSR count). The molecule has 1 N–H and O–H groups in total. The number of aliphatic hydroxyl groups excluding tert-OH is 1. The molecule has 0 aromatic rings. The average Bonchev–Trinajstić information content (AvgIpc) is 2.48. The third-order valence-electron chi connectivity index (χ3n) is 3.26. The van der Waals surface area contributed by atoms with Crippen molar-refractivity contribution in [3.8, 4) is 0 Å². The summed E-state index contributed by atoms with van der Waals surface area (Å²) in [4.78, 5) is 0. The summed E-state index contributed by atoms with van der Waals surface area (Å²) in [5, 5.41) is 9.43. The first-order valence-corrected chi connectivity index (χ1v) is 5.71. The Kier molecular flexibility index (Phi) is 3.30. The summed E-state index contributed by atoms with van der Waals surface area (Å²) in [5.41, 5.74) is -0.214. The van der Waals surface area contributed by atoms with Gasteiger partial charge in [-0.2, -0.15) is 0 Å². The fourth-order valence-corrected chi connectivity index (χ4v) is 2.52. The van der Waals surface area contributed by atoms with E-state index < -0.39 is 0 Å². The van der Waals surface area contributed by atoms with Crippen LogP contribution in [0.15, 0.2) is 0 Å². The van der Waals surface area contributed by atoms with Gasteiger partial charge in [0, 0.05) is 25.9 Å². The van der Waals surface area contributed by atoms with Crippen molar-refractivity contribution in [2.45, 2.75) is 57.2 Å². The van der Waals surface area contributed by atoms with E-state index in [-0.39, 0.29) is 24.1 Å². The first-order chi connectivity index (χ1) is 7.12. The lowest BCUT2D eigenvalue weighted by Crippen LogP contribution is -2.49. The largest absolute Gasteiger partial charge is 0.393 e. The Morgan fingerprint density at radius 2 is 2.00 bits per heavy atom. The Hall–Kier alpha value is -0.160. The van der Waals surface area contributed by atoms with Gasteiger partial charge < -0.3 is 19.3 Å². The van der Waals surface area contributed by atoms with E-state index in [9.17, 15) is 5.11 Å². The summed E-state index contributed by atoms with van der Waals surface area (Å²) >= 11 is 0. The molecule has 2 heterocycles. The standard InChI is InChI=1S/C11H20O4/c1-8(12)7-10-11(4-6-14-10)3-5-13-9(2)15-11/h8-10,12H,3-7H2,1-2H3/t8?,9?,10-,11-/m1/s1. The van der Waals surface area contributed by atoms with E-state index in [2.05, 4.69) is 0 Å². The number of hydrogen-bond acceptors (Lipinski definition) is 4. The number of ether oxygens (including phenoxy) is 3. The number of aliphatic hydroxyl groups is 1. The summed E-state index contributed by atoms with van der Waals surface area (Å²) < 4.78 is 16.9. The quantitative estimate of drug-likeness (QED) is 0.750. The Labute approximate surface area is 90.5 Å². The van der Waals surface area contributed by atoms with Crippen molar-refractivity contribution in [3.63, 3.8) is 0 Å². The highest BCUT2D eigenvalue weighted by Gasteiger charge is 2.48. The molecular formula is C11H20O4. The van der Waals surface area contributed by atoms with Crippen molar-refractivity contribution >= 4 is 0 Å². The van der Waals surface area contributed by atoms with Crippen LogP contribution < -0.4 is 0 Å². The zero-order valence-corrected chi connectivity index (χ0v) is 9.44. The summed E-state index contributed by atoms with van der Waals surface area (Å²) in [6.07, 6.45) is 1.95. The molecular weight excluding hydrogens is 196 g/mol. The van der Waals surface area contributed by atoms with Crippen LogP contribution in [0.5, 0.6) is 0 Å². The summed E-state index contributed by atoms with van der Waals surface area (Å²) in [5.74, 6) is 0. The monoisotopic (exact) mass is 216 g/mol. The molecule has 0 amide bonds. The first kappa shape index (κ1) is 11.3. The molecule has 0 aromatic heterocycles. The molecule has 0 bridgehead atoms. The molecule has 4 nitrogen and oxygen atoms in total.